The number of aryl methyl sites for hydroxylation is 2. The first-order chi connectivity index (χ1) is 10.0. The highest BCUT2D eigenvalue weighted by Gasteiger charge is 2.06. The van der Waals surface area contributed by atoms with Crippen LogP contribution in [-0.2, 0) is 6.54 Å². The second-order valence-corrected chi connectivity index (χ2v) is 5.62. The van der Waals surface area contributed by atoms with E-state index in [0.717, 1.165) is 36.8 Å². The van der Waals surface area contributed by atoms with Crippen LogP contribution in [0.15, 0.2) is 29.3 Å². The summed E-state index contributed by atoms with van der Waals surface area (Å²) in [5, 5.41) is 0. The summed E-state index contributed by atoms with van der Waals surface area (Å²) in [5.41, 5.74) is 2.28. The quantitative estimate of drug-likeness (QED) is 0.334. The lowest BCUT2D eigenvalue weighted by molar-refractivity contribution is 0.477. The predicted molar refractivity (Wildman–Crippen MR) is 104 cm³/mol. The van der Waals surface area contributed by atoms with Crippen LogP contribution < -0.4 is 0 Å². The van der Waals surface area contributed by atoms with Gasteiger partial charge in [-0.05, 0) is 25.5 Å². The van der Waals surface area contributed by atoms with Crippen LogP contribution in [0, 0.1) is 6.92 Å². The number of para-hydroxylation sites is 2. The zero-order valence-corrected chi connectivity index (χ0v) is 16.4. The molecule has 0 atom stereocenters. The highest BCUT2D eigenvalue weighted by Crippen LogP contribution is 2.15. The van der Waals surface area contributed by atoms with Crippen LogP contribution in [0.4, 0.5) is 0 Å². The summed E-state index contributed by atoms with van der Waals surface area (Å²) < 4.78 is 2.27. The Balaban J connectivity index is 0.00000242. The molecule has 0 bridgehead atoms. The van der Waals surface area contributed by atoms with Gasteiger partial charge in [0.05, 0.1) is 11.0 Å². The highest BCUT2D eigenvalue weighted by molar-refractivity contribution is 14.0. The number of hydrogen-bond donors (Lipinski definition) is 0. The van der Waals surface area contributed by atoms with Gasteiger partial charge in [-0.15, -0.1) is 24.0 Å². The van der Waals surface area contributed by atoms with Gasteiger partial charge in [-0.3, -0.25) is 4.99 Å². The molecular weight excluding hydrogens is 389 g/mol. The van der Waals surface area contributed by atoms with E-state index in [2.05, 4.69) is 39.7 Å². The number of aliphatic imine (C=N–C) groups is 1. The number of aromatic nitrogens is 2. The largest absolute Gasteiger partial charge is 0.349 e. The van der Waals surface area contributed by atoms with E-state index in [0.29, 0.717) is 0 Å². The van der Waals surface area contributed by atoms with Gasteiger partial charge >= 0.3 is 0 Å². The van der Waals surface area contributed by atoms with Crippen molar-refractivity contribution in [3.63, 3.8) is 0 Å². The number of benzene rings is 1. The molecule has 1 heterocycles. The standard InChI is InChI=1S/C16H25N5.HI/c1-13-18-14-9-6-7-10-15(14)21(13)12-8-11-17-16(19(2)3)20(4)5;/h6-7,9-10H,8,11-12H2,1-5H3;1H. The summed E-state index contributed by atoms with van der Waals surface area (Å²) in [6.07, 6.45) is 1.01. The van der Waals surface area contributed by atoms with Crippen molar-refractivity contribution in [2.75, 3.05) is 34.7 Å². The smallest absolute Gasteiger partial charge is 0.195 e. The fraction of sp³-hybridized carbons (Fsp3) is 0.500. The number of imidazole rings is 1. The summed E-state index contributed by atoms with van der Waals surface area (Å²) in [5.74, 6) is 2.07. The third-order valence-corrected chi connectivity index (χ3v) is 3.44. The zero-order chi connectivity index (χ0) is 15.4. The minimum atomic E-state index is 0. The van der Waals surface area contributed by atoms with Gasteiger partial charge in [0.2, 0.25) is 0 Å². The van der Waals surface area contributed by atoms with Crippen LogP contribution in [0.3, 0.4) is 0 Å². The van der Waals surface area contributed by atoms with Crippen LogP contribution in [-0.4, -0.2) is 60.0 Å². The monoisotopic (exact) mass is 415 g/mol. The van der Waals surface area contributed by atoms with Gasteiger partial charge in [-0.25, -0.2) is 4.98 Å². The molecule has 1 aromatic carbocycles. The van der Waals surface area contributed by atoms with E-state index in [-0.39, 0.29) is 24.0 Å². The molecule has 122 valence electrons. The molecular formula is C16H26IN5. The van der Waals surface area contributed by atoms with Crippen molar-refractivity contribution in [3.05, 3.63) is 30.1 Å². The molecule has 0 spiro atoms. The Morgan fingerprint density at radius 2 is 1.77 bits per heavy atom. The summed E-state index contributed by atoms with van der Waals surface area (Å²) >= 11 is 0. The molecule has 5 nitrogen and oxygen atoms in total. The fourth-order valence-electron chi connectivity index (χ4n) is 2.57. The Labute approximate surface area is 150 Å². The molecule has 0 fully saturated rings. The molecule has 2 rings (SSSR count). The van der Waals surface area contributed by atoms with E-state index < -0.39 is 0 Å². The van der Waals surface area contributed by atoms with Crippen molar-refractivity contribution in [2.24, 2.45) is 4.99 Å². The maximum absolute atomic E-state index is 4.67. The lowest BCUT2D eigenvalue weighted by atomic mass is 10.3. The number of halogens is 1. The molecule has 22 heavy (non-hydrogen) atoms. The number of hydrogen-bond acceptors (Lipinski definition) is 2. The fourth-order valence-corrected chi connectivity index (χ4v) is 2.57. The van der Waals surface area contributed by atoms with E-state index in [1.165, 1.54) is 5.52 Å². The van der Waals surface area contributed by atoms with E-state index in [1.54, 1.807) is 0 Å². The Morgan fingerprint density at radius 3 is 2.41 bits per heavy atom. The molecule has 0 N–H and O–H groups in total. The third-order valence-electron chi connectivity index (χ3n) is 3.44. The molecule has 0 saturated carbocycles. The van der Waals surface area contributed by atoms with E-state index in [1.807, 2.05) is 44.1 Å². The SMILES string of the molecule is Cc1nc2ccccc2n1CCCN=C(N(C)C)N(C)C.I. The first-order valence-corrected chi connectivity index (χ1v) is 7.31. The minimum absolute atomic E-state index is 0. The van der Waals surface area contributed by atoms with Crippen molar-refractivity contribution in [2.45, 2.75) is 19.9 Å². The number of nitrogens with zero attached hydrogens (tertiary/aromatic N) is 5. The lowest BCUT2D eigenvalue weighted by Crippen LogP contribution is -2.35. The Kier molecular flexibility index (Phi) is 7.12. The van der Waals surface area contributed by atoms with Gasteiger partial charge in [0.15, 0.2) is 5.96 Å². The van der Waals surface area contributed by atoms with Gasteiger partial charge < -0.3 is 14.4 Å². The Hall–Kier alpha value is -1.31. The van der Waals surface area contributed by atoms with Gasteiger partial charge in [0.1, 0.15) is 5.82 Å². The van der Waals surface area contributed by atoms with Crippen LogP contribution >= 0.6 is 24.0 Å². The molecule has 0 aliphatic rings. The van der Waals surface area contributed by atoms with Gasteiger partial charge in [0, 0.05) is 41.3 Å². The van der Waals surface area contributed by atoms with E-state index in [9.17, 15) is 0 Å². The first kappa shape index (κ1) is 18.7. The second kappa shape index (κ2) is 8.36. The maximum atomic E-state index is 4.67. The van der Waals surface area contributed by atoms with Crippen LogP contribution in [0.5, 0.6) is 0 Å². The summed E-state index contributed by atoms with van der Waals surface area (Å²) in [6.45, 7) is 3.83. The number of rotatable bonds is 4. The maximum Gasteiger partial charge on any atom is 0.195 e. The average molecular weight is 415 g/mol. The predicted octanol–water partition coefficient (Wildman–Crippen LogP) is 2.83. The Bertz CT molecular complexity index is 620. The van der Waals surface area contributed by atoms with Crippen LogP contribution in [0.2, 0.25) is 0 Å². The van der Waals surface area contributed by atoms with Gasteiger partial charge in [-0.1, -0.05) is 12.1 Å². The zero-order valence-electron chi connectivity index (χ0n) is 14.1. The molecule has 0 radical (unpaired) electrons. The van der Waals surface area contributed by atoms with Crippen molar-refractivity contribution < 1.29 is 0 Å². The average Bonchev–Trinajstić information content (AvgIpc) is 2.73. The number of fused-ring (bicyclic) bond motifs is 1. The van der Waals surface area contributed by atoms with E-state index in [4.69, 9.17) is 0 Å². The molecule has 0 aliphatic carbocycles. The molecule has 0 saturated heterocycles. The van der Waals surface area contributed by atoms with Crippen molar-refractivity contribution in [1.82, 2.24) is 19.4 Å². The Morgan fingerprint density at radius 1 is 1.14 bits per heavy atom. The molecule has 0 amide bonds. The van der Waals surface area contributed by atoms with Crippen molar-refractivity contribution in [3.8, 4) is 0 Å². The summed E-state index contributed by atoms with van der Waals surface area (Å²) in [4.78, 5) is 13.3. The second-order valence-electron chi connectivity index (χ2n) is 5.62. The highest BCUT2D eigenvalue weighted by atomic mass is 127. The van der Waals surface area contributed by atoms with Crippen LogP contribution in [0.1, 0.15) is 12.2 Å². The first-order valence-electron chi connectivity index (χ1n) is 7.31. The summed E-state index contributed by atoms with van der Waals surface area (Å²) in [6, 6.07) is 8.29. The minimum Gasteiger partial charge on any atom is -0.349 e. The molecule has 6 heteroatoms. The van der Waals surface area contributed by atoms with Crippen molar-refractivity contribution in [1.29, 1.82) is 0 Å². The summed E-state index contributed by atoms with van der Waals surface area (Å²) in [7, 11) is 8.08. The van der Waals surface area contributed by atoms with Gasteiger partial charge in [0.25, 0.3) is 0 Å². The normalized spacial score (nSPS) is 10.2. The van der Waals surface area contributed by atoms with Crippen LogP contribution in [0.25, 0.3) is 11.0 Å². The number of guanidine groups is 1. The lowest BCUT2D eigenvalue weighted by Gasteiger charge is -2.22. The van der Waals surface area contributed by atoms with E-state index >= 15 is 0 Å². The molecule has 0 unspecified atom stereocenters. The molecule has 0 aliphatic heterocycles. The molecule has 1 aromatic heterocycles. The molecule has 2 aromatic rings. The topological polar surface area (TPSA) is 36.7 Å². The third kappa shape index (κ3) is 4.34. The van der Waals surface area contributed by atoms with Gasteiger partial charge in [-0.2, -0.15) is 0 Å². The van der Waals surface area contributed by atoms with Crippen molar-refractivity contribution >= 4 is 41.0 Å².